The molecule has 1 aliphatic carbocycles. The summed E-state index contributed by atoms with van der Waals surface area (Å²) in [6.07, 6.45) is 3.47. The molecule has 1 aromatic rings. The lowest BCUT2D eigenvalue weighted by Gasteiger charge is -2.39. The maximum Gasteiger partial charge on any atom is 0.254 e. The smallest absolute Gasteiger partial charge is 0.254 e. The molecule has 2 bridgehead atoms. The fraction of sp³-hybridized carbons (Fsp3) is 0.588. The Morgan fingerprint density at radius 3 is 2.50 bits per heavy atom. The van der Waals surface area contributed by atoms with Crippen LogP contribution >= 0.6 is 11.6 Å². The van der Waals surface area contributed by atoms with E-state index in [2.05, 4.69) is 25.7 Å². The molecule has 2 nitrogen and oxygen atoms in total. The molecule has 3 rings (SSSR count). The van der Waals surface area contributed by atoms with Crippen LogP contribution < -0.4 is 0 Å². The van der Waals surface area contributed by atoms with Crippen LogP contribution in [0.3, 0.4) is 0 Å². The van der Waals surface area contributed by atoms with Crippen molar-refractivity contribution in [1.29, 1.82) is 0 Å². The normalized spacial score (nSPS) is 31.4. The second-order valence-corrected chi connectivity index (χ2v) is 8.09. The Kier molecular flexibility index (Phi) is 3.13. The third kappa shape index (κ3) is 2.46. The van der Waals surface area contributed by atoms with Gasteiger partial charge < -0.3 is 4.90 Å². The number of likely N-dealkylation sites (tertiary alicyclic amines) is 1. The maximum absolute atomic E-state index is 12.7. The molecular formula is C17H22ClNO. The van der Waals surface area contributed by atoms with Crippen LogP contribution in [0.2, 0.25) is 5.02 Å². The second-order valence-electron chi connectivity index (χ2n) is 7.65. The van der Waals surface area contributed by atoms with Gasteiger partial charge in [-0.1, -0.05) is 32.4 Å². The van der Waals surface area contributed by atoms with Gasteiger partial charge in [0, 0.05) is 23.2 Å². The van der Waals surface area contributed by atoms with E-state index in [9.17, 15) is 4.79 Å². The quantitative estimate of drug-likeness (QED) is 0.752. The molecule has 0 spiro atoms. The molecule has 0 unspecified atom stereocenters. The van der Waals surface area contributed by atoms with E-state index in [0.29, 0.717) is 16.5 Å². The highest BCUT2D eigenvalue weighted by Crippen LogP contribution is 2.52. The van der Waals surface area contributed by atoms with Gasteiger partial charge in [-0.2, -0.15) is 0 Å². The van der Waals surface area contributed by atoms with Crippen molar-refractivity contribution in [3.8, 4) is 0 Å². The van der Waals surface area contributed by atoms with Crippen LogP contribution in [-0.2, 0) is 0 Å². The van der Waals surface area contributed by atoms with Crippen LogP contribution in [0.1, 0.15) is 50.4 Å². The second kappa shape index (κ2) is 4.49. The number of benzene rings is 1. The highest BCUT2D eigenvalue weighted by Gasteiger charge is 2.50. The zero-order valence-corrected chi connectivity index (χ0v) is 13.2. The van der Waals surface area contributed by atoms with Crippen LogP contribution in [0.15, 0.2) is 24.3 Å². The molecule has 1 saturated carbocycles. The number of carbonyl (C=O) groups is 1. The number of amides is 1. The minimum absolute atomic E-state index is 0.160. The third-order valence-electron chi connectivity index (χ3n) is 4.77. The zero-order valence-electron chi connectivity index (χ0n) is 12.4. The van der Waals surface area contributed by atoms with E-state index in [1.54, 1.807) is 12.1 Å². The monoisotopic (exact) mass is 291 g/mol. The lowest BCUT2D eigenvalue weighted by atomic mass is 9.65. The zero-order chi connectivity index (χ0) is 14.5. The van der Waals surface area contributed by atoms with E-state index in [1.165, 1.54) is 6.42 Å². The van der Waals surface area contributed by atoms with Gasteiger partial charge >= 0.3 is 0 Å². The minimum Gasteiger partial charge on any atom is -0.335 e. The Labute approximate surface area is 126 Å². The fourth-order valence-electron chi connectivity index (χ4n) is 4.46. The van der Waals surface area contributed by atoms with Crippen molar-refractivity contribution in [3.63, 3.8) is 0 Å². The Balaban J connectivity index is 1.85. The van der Waals surface area contributed by atoms with E-state index >= 15 is 0 Å². The highest BCUT2D eigenvalue weighted by molar-refractivity contribution is 6.30. The highest BCUT2D eigenvalue weighted by atomic mass is 35.5. The molecule has 2 fully saturated rings. The number of rotatable bonds is 1. The summed E-state index contributed by atoms with van der Waals surface area (Å²) in [6.45, 7) is 7.87. The molecule has 1 aromatic carbocycles. The van der Waals surface area contributed by atoms with Crippen molar-refractivity contribution in [2.75, 3.05) is 6.54 Å². The van der Waals surface area contributed by atoms with Crippen molar-refractivity contribution in [3.05, 3.63) is 34.9 Å². The van der Waals surface area contributed by atoms with Crippen molar-refractivity contribution in [1.82, 2.24) is 4.90 Å². The van der Waals surface area contributed by atoms with Crippen molar-refractivity contribution in [2.45, 2.75) is 46.1 Å². The average Bonchev–Trinajstić information content (AvgIpc) is 2.58. The number of hydrogen-bond donors (Lipinski definition) is 0. The van der Waals surface area contributed by atoms with E-state index in [4.69, 9.17) is 11.6 Å². The summed E-state index contributed by atoms with van der Waals surface area (Å²) in [6, 6.07) is 7.65. The average molecular weight is 292 g/mol. The molecule has 20 heavy (non-hydrogen) atoms. The van der Waals surface area contributed by atoms with Crippen LogP contribution in [0.5, 0.6) is 0 Å². The molecule has 1 heterocycles. The molecule has 0 aromatic heterocycles. The van der Waals surface area contributed by atoms with Gasteiger partial charge in [0.05, 0.1) is 0 Å². The Morgan fingerprint density at radius 1 is 1.20 bits per heavy atom. The summed E-state index contributed by atoms with van der Waals surface area (Å²) in [5.41, 5.74) is 1.38. The topological polar surface area (TPSA) is 20.3 Å². The first kappa shape index (κ1) is 13.9. The Bertz CT molecular complexity index is 536. The molecule has 1 amide bonds. The molecule has 2 aliphatic rings. The molecule has 0 N–H and O–H groups in total. The number of halogens is 1. The van der Waals surface area contributed by atoms with Gasteiger partial charge in [-0.15, -0.1) is 0 Å². The predicted molar refractivity (Wildman–Crippen MR) is 82.0 cm³/mol. The molecule has 1 saturated heterocycles. The molecule has 2 atom stereocenters. The Morgan fingerprint density at radius 2 is 1.85 bits per heavy atom. The summed E-state index contributed by atoms with van der Waals surface area (Å²) in [5, 5.41) is 0.676. The lowest BCUT2D eigenvalue weighted by molar-refractivity contribution is 0.0708. The predicted octanol–water partition coefficient (Wildman–Crippen LogP) is 4.38. The lowest BCUT2D eigenvalue weighted by Crippen LogP contribution is -2.37. The summed E-state index contributed by atoms with van der Waals surface area (Å²) in [4.78, 5) is 14.8. The molecule has 1 aliphatic heterocycles. The molecular weight excluding hydrogens is 270 g/mol. The van der Waals surface area contributed by atoms with Gasteiger partial charge in [-0.05, 0) is 54.4 Å². The van der Waals surface area contributed by atoms with Gasteiger partial charge in [-0.25, -0.2) is 0 Å². The van der Waals surface area contributed by atoms with Gasteiger partial charge in [0.1, 0.15) is 0 Å². The van der Waals surface area contributed by atoms with Crippen LogP contribution in [0, 0.1) is 10.8 Å². The molecule has 108 valence electrons. The molecule has 0 radical (unpaired) electrons. The number of carbonyl (C=O) groups excluding carboxylic acids is 1. The van der Waals surface area contributed by atoms with Gasteiger partial charge in [0.25, 0.3) is 5.91 Å². The maximum atomic E-state index is 12.7. The third-order valence-corrected chi connectivity index (χ3v) is 5.02. The largest absolute Gasteiger partial charge is 0.335 e. The first-order chi connectivity index (χ1) is 9.28. The van der Waals surface area contributed by atoms with E-state index in [0.717, 1.165) is 24.9 Å². The molecule has 3 heteroatoms. The summed E-state index contributed by atoms with van der Waals surface area (Å²) in [5.74, 6) is 0.160. The standard InChI is InChI=1S/C17H22ClNO/c1-16(2)8-14-9-17(3,10-16)11-19(14)15(20)12-4-6-13(18)7-5-12/h4-7,14H,8-11H2,1-3H3/t14-,17-/m0/s1. The van der Waals surface area contributed by atoms with Gasteiger partial charge in [0.2, 0.25) is 0 Å². The first-order valence-electron chi connectivity index (χ1n) is 7.35. The Hall–Kier alpha value is -1.02. The van der Waals surface area contributed by atoms with E-state index in [-0.39, 0.29) is 11.3 Å². The minimum atomic E-state index is 0.160. The first-order valence-corrected chi connectivity index (χ1v) is 7.72. The van der Waals surface area contributed by atoms with E-state index in [1.807, 2.05) is 12.1 Å². The van der Waals surface area contributed by atoms with Gasteiger partial charge in [0.15, 0.2) is 0 Å². The van der Waals surface area contributed by atoms with Crippen LogP contribution in [0.4, 0.5) is 0 Å². The SMILES string of the molecule is CC1(C)C[C@H]2C[C@](C)(CN2C(=O)c2ccc(Cl)cc2)C1. The van der Waals surface area contributed by atoms with Crippen LogP contribution in [0.25, 0.3) is 0 Å². The summed E-state index contributed by atoms with van der Waals surface area (Å²) >= 11 is 5.90. The number of fused-ring (bicyclic) bond motifs is 2. The van der Waals surface area contributed by atoms with Crippen molar-refractivity contribution >= 4 is 17.5 Å². The van der Waals surface area contributed by atoms with Crippen molar-refractivity contribution in [2.24, 2.45) is 10.8 Å². The fourth-order valence-corrected chi connectivity index (χ4v) is 4.58. The number of nitrogens with zero attached hydrogens (tertiary/aromatic N) is 1. The summed E-state index contributed by atoms with van der Waals surface area (Å²) < 4.78 is 0. The van der Waals surface area contributed by atoms with E-state index < -0.39 is 0 Å². The van der Waals surface area contributed by atoms with Gasteiger partial charge in [-0.3, -0.25) is 4.79 Å². The van der Waals surface area contributed by atoms with Crippen molar-refractivity contribution < 1.29 is 4.79 Å². The van der Waals surface area contributed by atoms with Crippen LogP contribution in [-0.4, -0.2) is 23.4 Å². The summed E-state index contributed by atoms with van der Waals surface area (Å²) in [7, 11) is 0. The number of hydrogen-bond acceptors (Lipinski definition) is 1.